The highest BCUT2D eigenvalue weighted by atomic mass is 16.5. The second-order valence-electron chi connectivity index (χ2n) is 3.31. The van der Waals surface area contributed by atoms with Crippen LogP contribution in [0.1, 0.15) is 24.5 Å². The number of benzene rings is 1. The molecule has 0 aliphatic heterocycles. The largest absolute Gasteiger partial charge is 0.465 e. The Morgan fingerprint density at radius 1 is 1.29 bits per heavy atom. The third-order valence-electron chi connectivity index (χ3n) is 2.06. The molecule has 0 saturated heterocycles. The zero-order valence-corrected chi connectivity index (χ0v) is 8.75. The number of aryl methyl sites for hydroxylation is 1. The van der Waals surface area contributed by atoms with E-state index in [9.17, 15) is 4.79 Å². The molecule has 2 heteroatoms. The van der Waals surface area contributed by atoms with Gasteiger partial charge in [-0.2, -0.15) is 0 Å². The van der Waals surface area contributed by atoms with Gasteiger partial charge in [0, 0.05) is 12.8 Å². The van der Waals surface area contributed by atoms with Gasteiger partial charge in [-0.25, -0.2) is 0 Å². The summed E-state index contributed by atoms with van der Waals surface area (Å²) < 4.78 is 4.99. The zero-order valence-electron chi connectivity index (χ0n) is 8.75. The topological polar surface area (TPSA) is 26.3 Å². The Bertz CT molecular complexity index is 288. The van der Waals surface area contributed by atoms with Crippen LogP contribution in [0, 0.1) is 6.92 Å². The number of rotatable bonds is 4. The average Bonchev–Trinajstić information content (AvgIpc) is 2.21. The van der Waals surface area contributed by atoms with Crippen LogP contribution in [0.4, 0.5) is 0 Å². The fraction of sp³-hybridized carbons (Fsp3) is 0.417. The van der Waals surface area contributed by atoms with E-state index in [1.165, 1.54) is 11.1 Å². The van der Waals surface area contributed by atoms with Crippen molar-refractivity contribution in [3.63, 3.8) is 0 Å². The Morgan fingerprint density at radius 3 is 2.50 bits per heavy atom. The standard InChI is InChI=1S/C12H16O2/c1-3-12(13)14-9-8-11-6-4-10(2)5-7-11/h4-7H,3,8-9H2,1-2H3. The lowest BCUT2D eigenvalue weighted by molar-refractivity contribution is -0.143. The van der Waals surface area contributed by atoms with Gasteiger partial charge in [0.15, 0.2) is 0 Å². The fourth-order valence-corrected chi connectivity index (χ4v) is 1.14. The SMILES string of the molecule is CCC(=O)OCCc1ccc(C)cc1. The first-order valence-corrected chi connectivity index (χ1v) is 4.93. The molecule has 2 nitrogen and oxygen atoms in total. The van der Waals surface area contributed by atoms with Crippen molar-refractivity contribution in [2.24, 2.45) is 0 Å². The summed E-state index contributed by atoms with van der Waals surface area (Å²) >= 11 is 0. The molecular weight excluding hydrogens is 176 g/mol. The average molecular weight is 192 g/mol. The van der Waals surface area contributed by atoms with Crippen LogP contribution < -0.4 is 0 Å². The van der Waals surface area contributed by atoms with Crippen molar-refractivity contribution in [1.29, 1.82) is 0 Å². The number of ether oxygens (including phenoxy) is 1. The summed E-state index contributed by atoms with van der Waals surface area (Å²) in [7, 11) is 0. The summed E-state index contributed by atoms with van der Waals surface area (Å²) in [5.41, 5.74) is 2.46. The van der Waals surface area contributed by atoms with E-state index >= 15 is 0 Å². The number of carbonyl (C=O) groups is 1. The van der Waals surface area contributed by atoms with Gasteiger partial charge in [-0.1, -0.05) is 36.8 Å². The minimum atomic E-state index is -0.128. The van der Waals surface area contributed by atoms with Gasteiger partial charge < -0.3 is 4.74 Å². The van der Waals surface area contributed by atoms with Crippen molar-refractivity contribution < 1.29 is 9.53 Å². The highest BCUT2D eigenvalue weighted by Crippen LogP contribution is 2.04. The van der Waals surface area contributed by atoms with Crippen molar-refractivity contribution in [2.75, 3.05) is 6.61 Å². The molecule has 0 amide bonds. The quantitative estimate of drug-likeness (QED) is 0.685. The summed E-state index contributed by atoms with van der Waals surface area (Å²) in [6, 6.07) is 8.26. The van der Waals surface area contributed by atoms with E-state index in [2.05, 4.69) is 31.2 Å². The predicted octanol–water partition coefficient (Wildman–Crippen LogP) is 2.49. The van der Waals surface area contributed by atoms with Crippen molar-refractivity contribution in [3.8, 4) is 0 Å². The number of carbonyl (C=O) groups excluding carboxylic acids is 1. The molecule has 0 aromatic heterocycles. The van der Waals surface area contributed by atoms with Gasteiger partial charge in [-0.3, -0.25) is 4.79 Å². The predicted molar refractivity (Wildman–Crippen MR) is 56.1 cm³/mol. The summed E-state index contributed by atoms with van der Waals surface area (Å²) in [6.07, 6.45) is 1.25. The van der Waals surface area contributed by atoms with Gasteiger partial charge in [-0.15, -0.1) is 0 Å². The Kier molecular flexibility index (Phi) is 4.17. The molecular formula is C12H16O2. The Hall–Kier alpha value is -1.31. The van der Waals surface area contributed by atoms with E-state index in [-0.39, 0.29) is 5.97 Å². The molecule has 0 radical (unpaired) electrons. The molecule has 0 saturated carbocycles. The maximum atomic E-state index is 10.8. The maximum absolute atomic E-state index is 10.8. The van der Waals surface area contributed by atoms with Crippen LogP contribution in [0.5, 0.6) is 0 Å². The summed E-state index contributed by atoms with van der Waals surface area (Å²) in [6.45, 7) is 4.34. The van der Waals surface area contributed by atoms with Gasteiger partial charge >= 0.3 is 5.97 Å². The lowest BCUT2D eigenvalue weighted by Crippen LogP contribution is -2.05. The van der Waals surface area contributed by atoms with Crippen molar-refractivity contribution in [1.82, 2.24) is 0 Å². The van der Waals surface area contributed by atoms with E-state index in [1.807, 2.05) is 0 Å². The van der Waals surface area contributed by atoms with E-state index in [1.54, 1.807) is 6.92 Å². The molecule has 0 atom stereocenters. The minimum Gasteiger partial charge on any atom is -0.465 e. The van der Waals surface area contributed by atoms with E-state index in [4.69, 9.17) is 4.74 Å². The summed E-state index contributed by atoms with van der Waals surface area (Å²) in [4.78, 5) is 10.8. The zero-order chi connectivity index (χ0) is 10.4. The van der Waals surface area contributed by atoms with E-state index in [0.29, 0.717) is 13.0 Å². The minimum absolute atomic E-state index is 0.128. The first kappa shape index (κ1) is 10.8. The number of hydrogen-bond donors (Lipinski definition) is 0. The lowest BCUT2D eigenvalue weighted by atomic mass is 10.1. The second kappa shape index (κ2) is 5.43. The second-order valence-corrected chi connectivity index (χ2v) is 3.31. The van der Waals surface area contributed by atoms with Gasteiger partial charge in [0.1, 0.15) is 0 Å². The molecule has 1 aromatic carbocycles. The van der Waals surface area contributed by atoms with E-state index < -0.39 is 0 Å². The van der Waals surface area contributed by atoms with Crippen molar-refractivity contribution in [2.45, 2.75) is 26.7 Å². The maximum Gasteiger partial charge on any atom is 0.305 e. The molecule has 1 aromatic rings. The molecule has 76 valence electrons. The molecule has 14 heavy (non-hydrogen) atoms. The van der Waals surface area contributed by atoms with Gasteiger partial charge in [0.05, 0.1) is 6.61 Å². The monoisotopic (exact) mass is 192 g/mol. The van der Waals surface area contributed by atoms with Crippen molar-refractivity contribution >= 4 is 5.97 Å². The van der Waals surface area contributed by atoms with Crippen LogP contribution in [-0.4, -0.2) is 12.6 Å². The fourth-order valence-electron chi connectivity index (χ4n) is 1.14. The highest BCUT2D eigenvalue weighted by molar-refractivity contribution is 5.68. The van der Waals surface area contributed by atoms with Crippen LogP contribution in [0.25, 0.3) is 0 Å². The molecule has 0 spiro atoms. The molecule has 0 bridgehead atoms. The molecule has 0 N–H and O–H groups in total. The van der Waals surface area contributed by atoms with Gasteiger partial charge in [0.2, 0.25) is 0 Å². The summed E-state index contributed by atoms with van der Waals surface area (Å²) in [5.74, 6) is -0.128. The van der Waals surface area contributed by atoms with Gasteiger partial charge in [-0.05, 0) is 12.5 Å². The first-order chi connectivity index (χ1) is 6.72. The molecule has 0 unspecified atom stereocenters. The summed E-state index contributed by atoms with van der Waals surface area (Å²) in [5, 5.41) is 0. The van der Waals surface area contributed by atoms with Crippen LogP contribution in [0.2, 0.25) is 0 Å². The lowest BCUT2D eigenvalue weighted by Gasteiger charge is -2.03. The smallest absolute Gasteiger partial charge is 0.305 e. The molecule has 0 fully saturated rings. The highest BCUT2D eigenvalue weighted by Gasteiger charge is 1.98. The Morgan fingerprint density at radius 2 is 1.93 bits per heavy atom. The van der Waals surface area contributed by atoms with Crippen LogP contribution in [0.3, 0.4) is 0 Å². The number of hydrogen-bond acceptors (Lipinski definition) is 2. The normalized spacial score (nSPS) is 9.86. The molecule has 0 heterocycles. The van der Waals surface area contributed by atoms with E-state index in [0.717, 1.165) is 6.42 Å². The third kappa shape index (κ3) is 3.60. The molecule has 1 rings (SSSR count). The number of esters is 1. The Labute approximate surface area is 84.9 Å². The van der Waals surface area contributed by atoms with Crippen LogP contribution in [0.15, 0.2) is 24.3 Å². The Balaban J connectivity index is 2.31. The van der Waals surface area contributed by atoms with Gasteiger partial charge in [0.25, 0.3) is 0 Å². The van der Waals surface area contributed by atoms with Crippen LogP contribution >= 0.6 is 0 Å². The molecule has 0 aliphatic carbocycles. The van der Waals surface area contributed by atoms with Crippen LogP contribution in [-0.2, 0) is 16.0 Å². The van der Waals surface area contributed by atoms with Crippen molar-refractivity contribution in [3.05, 3.63) is 35.4 Å². The first-order valence-electron chi connectivity index (χ1n) is 4.93. The molecule has 0 aliphatic rings. The third-order valence-corrected chi connectivity index (χ3v) is 2.06.